The Hall–Kier alpha value is -1.15. The van der Waals surface area contributed by atoms with Crippen molar-refractivity contribution in [3.8, 4) is 0 Å². The maximum atomic E-state index is 13.3. The van der Waals surface area contributed by atoms with Gasteiger partial charge in [-0.25, -0.2) is 4.39 Å². The minimum absolute atomic E-state index is 0.229. The first kappa shape index (κ1) is 16.2. The highest BCUT2D eigenvalue weighted by Crippen LogP contribution is 2.34. The topological polar surface area (TPSA) is 26.0 Å². The van der Waals surface area contributed by atoms with Crippen LogP contribution in [-0.4, -0.2) is 0 Å². The number of alkyl halides is 3. The summed E-state index contributed by atoms with van der Waals surface area (Å²) in [4.78, 5) is 0. The Morgan fingerprint density at radius 1 is 1.14 bits per heavy atom. The largest absolute Gasteiger partial charge is 0.419 e. The molecule has 0 heterocycles. The molecule has 21 heavy (non-hydrogen) atoms. The highest BCUT2D eigenvalue weighted by molar-refractivity contribution is 14.1. The van der Waals surface area contributed by atoms with E-state index in [-0.39, 0.29) is 5.56 Å². The van der Waals surface area contributed by atoms with Crippen LogP contribution in [0.3, 0.4) is 0 Å². The van der Waals surface area contributed by atoms with Gasteiger partial charge in [-0.2, -0.15) is 13.2 Å². The molecular formula is C15H12F4IN. The summed E-state index contributed by atoms with van der Waals surface area (Å²) in [6.45, 7) is 1.89. The van der Waals surface area contributed by atoms with Gasteiger partial charge in [0, 0.05) is 3.57 Å². The Morgan fingerprint density at radius 3 is 2.43 bits per heavy atom. The van der Waals surface area contributed by atoms with Crippen LogP contribution in [0.2, 0.25) is 0 Å². The molecule has 112 valence electrons. The number of benzene rings is 2. The van der Waals surface area contributed by atoms with Crippen LogP contribution in [0.25, 0.3) is 0 Å². The smallest absolute Gasteiger partial charge is 0.320 e. The van der Waals surface area contributed by atoms with Gasteiger partial charge in [0.05, 0.1) is 11.6 Å². The molecule has 0 saturated heterocycles. The van der Waals surface area contributed by atoms with E-state index >= 15 is 0 Å². The first-order valence-electron chi connectivity index (χ1n) is 6.09. The number of hydrogen-bond donors (Lipinski definition) is 1. The van der Waals surface area contributed by atoms with Gasteiger partial charge >= 0.3 is 6.18 Å². The van der Waals surface area contributed by atoms with Gasteiger partial charge in [-0.05, 0) is 58.3 Å². The van der Waals surface area contributed by atoms with Crippen LogP contribution in [0.15, 0.2) is 36.4 Å². The van der Waals surface area contributed by atoms with Crippen molar-refractivity contribution >= 4 is 22.6 Å². The lowest BCUT2D eigenvalue weighted by Crippen LogP contribution is -2.16. The van der Waals surface area contributed by atoms with E-state index in [1.165, 1.54) is 6.07 Å². The Kier molecular flexibility index (Phi) is 4.57. The number of halogens is 5. The fourth-order valence-electron chi connectivity index (χ4n) is 2.04. The van der Waals surface area contributed by atoms with Crippen LogP contribution >= 0.6 is 22.6 Å². The molecule has 1 unspecified atom stereocenters. The van der Waals surface area contributed by atoms with Crippen molar-refractivity contribution in [1.29, 1.82) is 0 Å². The van der Waals surface area contributed by atoms with Crippen molar-refractivity contribution in [2.45, 2.75) is 19.1 Å². The second-order valence-electron chi connectivity index (χ2n) is 4.69. The van der Waals surface area contributed by atoms with E-state index < -0.39 is 23.6 Å². The molecule has 0 aliphatic rings. The molecule has 0 aliphatic carbocycles. The predicted octanol–water partition coefficient (Wildman–Crippen LogP) is 4.81. The Morgan fingerprint density at radius 2 is 1.81 bits per heavy atom. The van der Waals surface area contributed by atoms with Gasteiger partial charge < -0.3 is 5.73 Å². The zero-order valence-electron chi connectivity index (χ0n) is 11.0. The fourth-order valence-corrected chi connectivity index (χ4v) is 2.74. The van der Waals surface area contributed by atoms with Gasteiger partial charge in [-0.1, -0.05) is 24.3 Å². The van der Waals surface area contributed by atoms with Crippen LogP contribution in [0.1, 0.15) is 28.3 Å². The van der Waals surface area contributed by atoms with Crippen molar-refractivity contribution in [2.24, 2.45) is 5.73 Å². The van der Waals surface area contributed by atoms with Gasteiger partial charge in [0.2, 0.25) is 0 Å². The van der Waals surface area contributed by atoms with Gasteiger partial charge in [0.1, 0.15) is 5.82 Å². The van der Waals surface area contributed by atoms with E-state index in [4.69, 9.17) is 5.73 Å². The maximum Gasteiger partial charge on any atom is 0.419 e. The van der Waals surface area contributed by atoms with E-state index in [0.717, 1.165) is 26.8 Å². The first-order valence-corrected chi connectivity index (χ1v) is 7.17. The molecule has 0 spiro atoms. The SMILES string of the molecule is Cc1cccc(C(N)c2ccc(F)c(C(F)(F)F)c2)c1I. The quantitative estimate of drug-likeness (QED) is 0.560. The summed E-state index contributed by atoms with van der Waals surface area (Å²) in [5, 5.41) is 0. The van der Waals surface area contributed by atoms with E-state index in [2.05, 4.69) is 22.6 Å². The van der Waals surface area contributed by atoms with Crippen molar-refractivity contribution in [2.75, 3.05) is 0 Å². The minimum Gasteiger partial charge on any atom is -0.320 e. The predicted molar refractivity (Wildman–Crippen MR) is 81.3 cm³/mol. The third-order valence-corrected chi connectivity index (χ3v) is 4.69. The summed E-state index contributed by atoms with van der Waals surface area (Å²) in [5.74, 6) is -1.29. The molecule has 1 atom stereocenters. The standard InChI is InChI=1S/C15H12F4IN/c1-8-3-2-4-10(13(8)20)14(21)9-5-6-12(16)11(7-9)15(17,18)19/h2-7,14H,21H2,1H3. The fraction of sp³-hybridized carbons (Fsp3) is 0.200. The lowest BCUT2D eigenvalue weighted by atomic mass is 9.96. The zero-order chi connectivity index (χ0) is 15.8. The molecule has 2 aromatic carbocycles. The third-order valence-electron chi connectivity index (χ3n) is 3.21. The molecule has 0 saturated carbocycles. The van der Waals surface area contributed by atoms with Gasteiger partial charge in [0.25, 0.3) is 0 Å². The highest BCUT2D eigenvalue weighted by atomic mass is 127. The summed E-state index contributed by atoms with van der Waals surface area (Å²) in [7, 11) is 0. The third kappa shape index (κ3) is 3.37. The molecular weight excluding hydrogens is 397 g/mol. The molecule has 0 bridgehead atoms. The molecule has 1 nitrogen and oxygen atoms in total. The molecule has 2 rings (SSSR count). The van der Waals surface area contributed by atoms with Crippen molar-refractivity contribution in [3.63, 3.8) is 0 Å². The van der Waals surface area contributed by atoms with Gasteiger partial charge in [0.15, 0.2) is 0 Å². The van der Waals surface area contributed by atoms with Crippen LogP contribution in [0, 0.1) is 16.3 Å². The van der Waals surface area contributed by atoms with Gasteiger partial charge in [-0.3, -0.25) is 0 Å². The summed E-state index contributed by atoms with van der Waals surface area (Å²) < 4.78 is 52.5. The average molecular weight is 409 g/mol. The van der Waals surface area contributed by atoms with E-state index in [1.807, 2.05) is 13.0 Å². The molecule has 0 amide bonds. The van der Waals surface area contributed by atoms with Crippen molar-refractivity contribution < 1.29 is 17.6 Å². The van der Waals surface area contributed by atoms with Crippen LogP contribution in [-0.2, 0) is 6.18 Å². The Bertz CT molecular complexity index is 667. The summed E-state index contributed by atoms with van der Waals surface area (Å²) in [6.07, 6.45) is -4.74. The average Bonchev–Trinajstić information content (AvgIpc) is 2.40. The summed E-state index contributed by atoms with van der Waals surface area (Å²) >= 11 is 2.10. The molecule has 0 fully saturated rings. The molecule has 2 N–H and O–H groups in total. The maximum absolute atomic E-state index is 13.3. The second-order valence-corrected chi connectivity index (χ2v) is 5.77. The monoisotopic (exact) mass is 409 g/mol. The second kappa shape index (κ2) is 5.92. The van der Waals surface area contributed by atoms with E-state index in [0.29, 0.717) is 0 Å². The lowest BCUT2D eigenvalue weighted by Gasteiger charge is -2.17. The van der Waals surface area contributed by atoms with Gasteiger partial charge in [-0.15, -0.1) is 0 Å². The number of hydrogen-bond acceptors (Lipinski definition) is 1. The highest BCUT2D eigenvalue weighted by Gasteiger charge is 2.34. The first-order chi connectivity index (χ1) is 9.71. The molecule has 6 heteroatoms. The zero-order valence-corrected chi connectivity index (χ0v) is 13.2. The molecule has 0 aliphatic heterocycles. The van der Waals surface area contributed by atoms with E-state index in [9.17, 15) is 17.6 Å². The number of nitrogens with two attached hydrogens (primary N) is 1. The number of rotatable bonds is 2. The minimum atomic E-state index is -4.74. The van der Waals surface area contributed by atoms with Crippen molar-refractivity contribution in [1.82, 2.24) is 0 Å². The Balaban J connectivity index is 2.49. The Labute approximate surface area is 133 Å². The number of aryl methyl sites for hydroxylation is 1. The van der Waals surface area contributed by atoms with Crippen LogP contribution < -0.4 is 5.73 Å². The molecule has 0 radical (unpaired) electrons. The van der Waals surface area contributed by atoms with Crippen LogP contribution in [0.4, 0.5) is 17.6 Å². The summed E-state index contributed by atoms with van der Waals surface area (Å²) in [5.41, 5.74) is 6.69. The summed E-state index contributed by atoms with van der Waals surface area (Å²) in [6, 6.07) is 7.58. The van der Waals surface area contributed by atoms with E-state index in [1.54, 1.807) is 12.1 Å². The van der Waals surface area contributed by atoms with Crippen molar-refractivity contribution in [3.05, 3.63) is 68.0 Å². The molecule has 2 aromatic rings. The van der Waals surface area contributed by atoms with Crippen LogP contribution in [0.5, 0.6) is 0 Å². The lowest BCUT2D eigenvalue weighted by molar-refractivity contribution is -0.140. The molecule has 0 aromatic heterocycles. The normalized spacial score (nSPS) is 13.3.